The van der Waals surface area contributed by atoms with Gasteiger partial charge in [0.15, 0.2) is 0 Å². The maximum Gasteiger partial charge on any atom is 0.0553 e. The SMILES string of the molecule is Cn1cccc1CNc1ccc(Br)cc1Br. The van der Waals surface area contributed by atoms with Crippen LogP contribution in [0.3, 0.4) is 0 Å². The van der Waals surface area contributed by atoms with Crippen molar-refractivity contribution >= 4 is 37.5 Å². The predicted octanol–water partition coefficient (Wildman–Crippen LogP) is 4.16. The summed E-state index contributed by atoms with van der Waals surface area (Å²) in [6.45, 7) is 0.823. The Morgan fingerprint density at radius 2 is 2.06 bits per heavy atom. The molecule has 0 saturated heterocycles. The van der Waals surface area contributed by atoms with Gasteiger partial charge in [-0.25, -0.2) is 0 Å². The van der Waals surface area contributed by atoms with E-state index in [2.05, 4.69) is 53.9 Å². The summed E-state index contributed by atoms with van der Waals surface area (Å²) in [6, 6.07) is 10.3. The summed E-state index contributed by atoms with van der Waals surface area (Å²) in [4.78, 5) is 0. The molecule has 1 aromatic heterocycles. The lowest BCUT2D eigenvalue weighted by Gasteiger charge is -2.09. The van der Waals surface area contributed by atoms with Gasteiger partial charge in [-0.1, -0.05) is 15.9 Å². The Hall–Kier alpha value is -0.740. The van der Waals surface area contributed by atoms with Crippen LogP contribution in [0.25, 0.3) is 0 Å². The van der Waals surface area contributed by atoms with Crippen molar-refractivity contribution in [2.24, 2.45) is 7.05 Å². The van der Waals surface area contributed by atoms with E-state index in [9.17, 15) is 0 Å². The maximum atomic E-state index is 3.53. The van der Waals surface area contributed by atoms with E-state index >= 15 is 0 Å². The number of nitrogens with zero attached hydrogens (tertiary/aromatic N) is 1. The highest BCUT2D eigenvalue weighted by atomic mass is 79.9. The van der Waals surface area contributed by atoms with E-state index in [4.69, 9.17) is 0 Å². The van der Waals surface area contributed by atoms with Crippen molar-refractivity contribution in [3.05, 3.63) is 51.2 Å². The zero-order valence-electron chi connectivity index (χ0n) is 8.87. The Labute approximate surface area is 112 Å². The molecule has 0 spiro atoms. The average molecular weight is 344 g/mol. The summed E-state index contributed by atoms with van der Waals surface area (Å²) in [5, 5.41) is 3.39. The lowest BCUT2D eigenvalue weighted by Crippen LogP contribution is -2.04. The van der Waals surface area contributed by atoms with E-state index in [-0.39, 0.29) is 0 Å². The molecule has 0 fully saturated rings. The molecule has 0 aliphatic carbocycles. The summed E-state index contributed by atoms with van der Waals surface area (Å²) in [7, 11) is 2.05. The molecular weight excluding hydrogens is 332 g/mol. The first kappa shape index (κ1) is 11.7. The Morgan fingerprint density at radius 3 is 2.69 bits per heavy atom. The number of hydrogen-bond acceptors (Lipinski definition) is 1. The fraction of sp³-hybridized carbons (Fsp3) is 0.167. The van der Waals surface area contributed by atoms with Gasteiger partial charge in [-0.2, -0.15) is 0 Å². The molecule has 1 aromatic carbocycles. The highest BCUT2D eigenvalue weighted by Crippen LogP contribution is 2.26. The van der Waals surface area contributed by atoms with Gasteiger partial charge in [-0.05, 0) is 46.3 Å². The van der Waals surface area contributed by atoms with E-state index < -0.39 is 0 Å². The topological polar surface area (TPSA) is 17.0 Å². The van der Waals surface area contributed by atoms with E-state index in [0.29, 0.717) is 0 Å². The molecule has 0 radical (unpaired) electrons. The number of aryl methyl sites for hydroxylation is 1. The van der Waals surface area contributed by atoms with Crippen LogP contribution in [0.2, 0.25) is 0 Å². The van der Waals surface area contributed by atoms with Crippen molar-refractivity contribution in [1.29, 1.82) is 0 Å². The Morgan fingerprint density at radius 1 is 1.25 bits per heavy atom. The first-order chi connectivity index (χ1) is 7.66. The van der Waals surface area contributed by atoms with Gasteiger partial charge in [0.2, 0.25) is 0 Å². The number of anilines is 1. The Kier molecular flexibility index (Phi) is 3.71. The first-order valence-corrected chi connectivity index (χ1v) is 6.54. The van der Waals surface area contributed by atoms with Crippen LogP contribution < -0.4 is 5.32 Å². The van der Waals surface area contributed by atoms with Gasteiger partial charge in [0.25, 0.3) is 0 Å². The summed E-state index contributed by atoms with van der Waals surface area (Å²) >= 11 is 6.97. The van der Waals surface area contributed by atoms with Crippen molar-refractivity contribution < 1.29 is 0 Å². The summed E-state index contributed by atoms with van der Waals surface area (Å²) < 4.78 is 4.25. The minimum atomic E-state index is 0.823. The van der Waals surface area contributed by atoms with Gasteiger partial charge in [0, 0.05) is 33.6 Å². The molecule has 0 amide bonds. The highest BCUT2D eigenvalue weighted by Gasteiger charge is 2.01. The lowest BCUT2D eigenvalue weighted by molar-refractivity contribution is 0.842. The molecule has 16 heavy (non-hydrogen) atoms. The minimum absolute atomic E-state index is 0.823. The molecule has 2 aromatic rings. The molecule has 84 valence electrons. The summed E-state index contributed by atoms with van der Waals surface area (Å²) in [5.41, 5.74) is 2.36. The molecule has 0 bridgehead atoms. The number of aromatic nitrogens is 1. The second kappa shape index (κ2) is 5.06. The first-order valence-electron chi connectivity index (χ1n) is 4.96. The molecule has 2 nitrogen and oxygen atoms in total. The monoisotopic (exact) mass is 342 g/mol. The van der Waals surface area contributed by atoms with E-state index in [0.717, 1.165) is 21.2 Å². The van der Waals surface area contributed by atoms with Crippen LogP contribution in [-0.2, 0) is 13.6 Å². The van der Waals surface area contributed by atoms with Gasteiger partial charge >= 0.3 is 0 Å². The van der Waals surface area contributed by atoms with Gasteiger partial charge < -0.3 is 9.88 Å². The van der Waals surface area contributed by atoms with Crippen LogP contribution in [0, 0.1) is 0 Å². The maximum absolute atomic E-state index is 3.53. The van der Waals surface area contributed by atoms with Crippen molar-refractivity contribution in [3.63, 3.8) is 0 Å². The van der Waals surface area contributed by atoms with Crippen LogP contribution in [0.5, 0.6) is 0 Å². The smallest absolute Gasteiger partial charge is 0.0553 e. The zero-order chi connectivity index (χ0) is 11.5. The van der Waals surface area contributed by atoms with Crippen molar-refractivity contribution in [1.82, 2.24) is 4.57 Å². The van der Waals surface area contributed by atoms with Crippen LogP contribution in [-0.4, -0.2) is 4.57 Å². The summed E-state index contributed by atoms with van der Waals surface area (Å²) in [5.74, 6) is 0. The third kappa shape index (κ3) is 2.68. The van der Waals surface area contributed by atoms with Crippen LogP contribution >= 0.6 is 31.9 Å². The molecule has 0 aliphatic heterocycles. The average Bonchev–Trinajstić information content (AvgIpc) is 2.63. The third-order valence-corrected chi connectivity index (χ3v) is 3.59. The number of hydrogen-bond donors (Lipinski definition) is 1. The van der Waals surface area contributed by atoms with Crippen molar-refractivity contribution in [3.8, 4) is 0 Å². The largest absolute Gasteiger partial charge is 0.379 e. The van der Waals surface area contributed by atoms with Crippen molar-refractivity contribution in [2.45, 2.75) is 6.54 Å². The quantitative estimate of drug-likeness (QED) is 0.885. The molecule has 0 atom stereocenters. The highest BCUT2D eigenvalue weighted by molar-refractivity contribution is 9.11. The van der Waals surface area contributed by atoms with E-state index in [1.54, 1.807) is 0 Å². The second-order valence-electron chi connectivity index (χ2n) is 3.59. The van der Waals surface area contributed by atoms with Crippen LogP contribution in [0.1, 0.15) is 5.69 Å². The molecule has 0 unspecified atom stereocenters. The molecule has 1 N–H and O–H groups in total. The standard InChI is InChI=1S/C12H12Br2N2/c1-16-6-2-3-10(16)8-15-12-5-4-9(13)7-11(12)14/h2-7,15H,8H2,1H3. The Balaban J connectivity index is 2.08. The van der Waals surface area contributed by atoms with Gasteiger partial charge in [-0.3, -0.25) is 0 Å². The van der Waals surface area contributed by atoms with Crippen molar-refractivity contribution in [2.75, 3.05) is 5.32 Å². The molecule has 2 rings (SSSR count). The molecule has 4 heteroatoms. The zero-order valence-corrected chi connectivity index (χ0v) is 12.0. The number of halogens is 2. The molecular formula is C12H12Br2N2. The summed E-state index contributed by atoms with van der Waals surface area (Å²) in [6.07, 6.45) is 2.05. The normalized spacial score (nSPS) is 10.4. The van der Waals surface area contributed by atoms with Crippen LogP contribution in [0.15, 0.2) is 45.5 Å². The number of benzene rings is 1. The third-order valence-electron chi connectivity index (χ3n) is 2.44. The van der Waals surface area contributed by atoms with Gasteiger partial charge in [0.05, 0.1) is 6.54 Å². The number of nitrogens with one attached hydrogen (secondary N) is 1. The molecule has 1 heterocycles. The Bertz CT molecular complexity index is 492. The van der Waals surface area contributed by atoms with Gasteiger partial charge in [-0.15, -0.1) is 0 Å². The fourth-order valence-corrected chi connectivity index (χ4v) is 2.69. The fourth-order valence-electron chi connectivity index (χ4n) is 1.50. The predicted molar refractivity (Wildman–Crippen MR) is 74.6 cm³/mol. The molecule has 0 saturated carbocycles. The van der Waals surface area contributed by atoms with Crippen LogP contribution in [0.4, 0.5) is 5.69 Å². The lowest BCUT2D eigenvalue weighted by atomic mass is 10.3. The minimum Gasteiger partial charge on any atom is -0.379 e. The molecule has 0 aliphatic rings. The van der Waals surface area contributed by atoms with E-state index in [1.807, 2.05) is 31.4 Å². The number of rotatable bonds is 3. The second-order valence-corrected chi connectivity index (χ2v) is 5.36. The van der Waals surface area contributed by atoms with E-state index in [1.165, 1.54) is 5.69 Å². The van der Waals surface area contributed by atoms with Gasteiger partial charge in [0.1, 0.15) is 0 Å².